The number of aromatic nitrogens is 2. The first-order valence-electron chi connectivity index (χ1n) is 6.97. The van der Waals surface area contributed by atoms with Crippen molar-refractivity contribution in [3.8, 4) is 5.75 Å². The van der Waals surface area contributed by atoms with E-state index in [1.165, 1.54) is 5.56 Å². The number of rotatable bonds is 4. The molecule has 0 spiro atoms. The number of aryl methyl sites for hydroxylation is 1. The zero-order chi connectivity index (χ0) is 14.0. The predicted molar refractivity (Wildman–Crippen MR) is 74.1 cm³/mol. The molecule has 1 heterocycles. The number of hydrogen-bond donors (Lipinski definition) is 1. The zero-order valence-corrected chi connectivity index (χ0v) is 11.6. The molecule has 1 aliphatic rings. The van der Waals surface area contributed by atoms with Crippen LogP contribution in [0, 0.1) is 6.92 Å². The molecule has 0 atom stereocenters. The molecule has 1 aromatic carbocycles. The number of benzene rings is 1. The number of nitrogens with two attached hydrogens (primary N) is 1. The first-order valence-corrected chi connectivity index (χ1v) is 6.97. The molecule has 1 aliphatic carbocycles. The fraction of sp³-hybridized carbons (Fsp3) is 0.467. The van der Waals surface area contributed by atoms with Gasteiger partial charge in [-0.05, 0) is 31.9 Å². The SMILES string of the molecule is Cc1ccc(OCc2nc(C3(N)CCCC3)no2)cc1. The van der Waals surface area contributed by atoms with E-state index in [-0.39, 0.29) is 6.61 Å². The van der Waals surface area contributed by atoms with Gasteiger partial charge in [-0.3, -0.25) is 0 Å². The molecule has 1 aromatic heterocycles. The fourth-order valence-electron chi connectivity index (χ4n) is 2.52. The Morgan fingerprint density at radius 2 is 1.95 bits per heavy atom. The van der Waals surface area contributed by atoms with E-state index in [1.54, 1.807) is 0 Å². The highest BCUT2D eigenvalue weighted by atomic mass is 16.5. The number of nitrogens with zero attached hydrogens (tertiary/aromatic N) is 2. The van der Waals surface area contributed by atoms with Crippen LogP contribution in [-0.4, -0.2) is 10.1 Å². The van der Waals surface area contributed by atoms with Gasteiger partial charge in [0.15, 0.2) is 12.4 Å². The monoisotopic (exact) mass is 273 g/mol. The Kier molecular flexibility index (Phi) is 3.44. The van der Waals surface area contributed by atoms with Gasteiger partial charge in [0.1, 0.15) is 5.75 Å². The van der Waals surface area contributed by atoms with Gasteiger partial charge < -0.3 is 15.0 Å². The van der Waals surface area contributed by atoms with E-state index in [4.69, 9.17) is 15.0 Å². The van der Waals surface area contributed by atoms with Crippen molar-refractivity contribution >= 4 is 0 Å². The van der Waals surface area contributed by atoms with Crippen molar-refractivity contribution in [1.29, 1.82) is 0 Å². The topological polar surface area (TPSA) is 74.2 Å². The highest BCUT2D eigenvalue weighted by molar-refractivity contribution is 5.26. The van der Waals surface area contributed by atoms with Gasteiger partial charge in [-0.25, -0.2) is 0 Å². The molecule has 0 radical (unpaired) electrons. The Bertz CT molecular complexity index is 571. The second-order valence-corrected chi connectivity index (χ2v) is 5.48. The van der Waals surface area contributed by atoms with Crippen molar-refractivity contribution in [2.45, 2.75) is 44.8 Å². The van der Waals surface area contributed by atoms with Crippen LogP contribution in [0.25, 0.3) is 0 Å². The van der Waals surface area contributed by atoms with Crippen LogP contribution in [0.2, 0.25) is 0 Å². The van der Waals surface area contributed by atoms with Gasteiger partial charge in [0, 0.05) is 0 Å². The molecule has 0 unspecified atom stereocenters. The highest BCUT2D eigenvalue weighted by Gasteiger charge is 2.35. The van der Waals surface area contributed by atoms with Crippen molar-refractivity contribution in [2.75, 3.05) is 0 Å². The van der Waals surface area contributed by atoms with Crippen molar-refractivity contribution < 1.29 is 9.26 Å². The maximum absolute atomic E-state index is 6.29. The maximum Gasteiger partial charge on any atom is 0.264 e. The van der Waals surface area contributed by atoms with E-state index in [1.807, 2.05) is 31.2 Å². The van der Waals surface area contributed by atoms with Crippen LogP contribution >= 0.6 is 0 Å². The van der Waals surface area contributed by atoms with Crippen LogP contribution in [-0.2, 0) is 12.1 Å². The van der Waals surface area contributed by atoms with Gasteiger partial charge in [-0.2, -0.15) is 4.98 Å². The molecule has 3 rings (SSSR count). The molecule has 106 valence electrons. The second kappa shape index (κ2) is 5.25. The normalized spacial score (nSPS) is 17.3. The van der Waals surface area contributed by atoms with Crippen LogP contribution in [0.15, 0.2) is 28.8 Å². The van der Waals surface area contributed by atoms with Gasteiger partial charge in [-0.15, -0.1) is 0 Å². The van der Waals surface area contributed by atoms with Gasteiger partial charge in [-0.1, -0.05) is 35.7 Å². The lowest BCUT2D eigenvalue weighted by Crippen LogP contribution is -2.34. The van der Waals surface area contributed by atoms with Crippen LogP contribution in [0.3, 0.4) is 0 Å². The van der Waals surface area contributed by atoms with Crippen molar-refractivity contribution in [2.24, 2.45) is 5.73 Å². The Balaban J connectivity index is 1.64. The summed E-state index contributed by atoms with van der Waals surface area (Å²) in [6.07, 6.45) is 4.09. The Labute approximate surface area is 118 Å². The van der Waals surface area contributed by atoms with Crippen molar-refractivity contribution in [3.05, 3.63) is 41.5 Å². The van der Waals surface area contributed by atoms with E-state index in [0.29, 0.717) is 11.7 Å². The third-order valence-electron chi connectivity index (χ3n) is 3.79. The molecule has 5 heteroatoms. The molecule has 0 saturated heterocycles. The van der Waals surface area contributed by atoms with Gasteiger partial charge in [0.25, 0.3) is 5.89 Å². The Morgan fingerprint density at radius 3 is 2.65 bits per heavy atom. The summed E-state index contributed by atoms with van der Waals surface area (Å²) in [5, 5.41) is 4.01. The molecule has 1 saturated carbocycles. The lowest BCUT2D eigenvalue weighted by atomic mass is 9.99. The summed E-state index contributed by atoms with van der Waals surface area (Å²) in [5.41, 5.74) is 7.08. The summed E-state index contributed by atoms with van der Waals surface area (Å²) in [6.45, 7) is 2.31. The first-order chi connectivity index (χ1) is 9.66. The lowest BCUT2D eigenvalue weighted by molar-refractivity contribution is 0.241. The lowest BCUT2D eigenvalue weighted by Gasteiger charge is -2.17. The number of ether oxygens (including phenoxy) is 1. The van der Waals surface area contributed by atoms with Gasteiger partial charge in [0.05, 0.1) is 5.54 Å². The number of hydrogen-bond acceptors (Lipinski definition) is 5. The maximum atomic E-state index is 6.29. The van der Waals surface area contributed by atoms with Gasteiger partial charge >= 0.3 is 0 Å². The van der Waals surface area contributed by atoms with Crippen LogP contribution < -0.4 is 10.5 Å². The second-order valence-electron chi connectivity index (χ2n) is 5.48. The molecule has 5 nitrogen and oxygen atoms in total. The standard InChI is InChI=1S/C15H19N3O2/c1-11-4-6-12(7-5-11)19-10-13-17-14(18-20-13)15(16)8-2-3-9-15/h4-7H,2-3,8-10,16H2,1H3. The van der Waals surface area contributed by atoms with Crippen LogP contribution in [0.1, 0.15) is 43.0 Å². The zero-order valence-electron chi connectivity index (χ0n) is 11.6. The molecular formula is C15H19N3O2. The summed E-state index contributed by atoms with van der Waals surface area (Å²) in [5.74, 6) is 1.87. The molecular weight excluding hydrogens is 254 g/mol. The molecule has 0 aliphatic heterocycles. The highest BCUT2D eigenvalue weighted by Crippen LogP contribution is 2.34. The molecule has 0 amide bonds. The smallest absolute Gasteiger partial charge is 0.264 e. The van der Waals surface area contributed by atoms with Crippen molar-refractivity contribution in [3.63, 3.8) is 0 Å². The first kappa shape index (κ1) is 13.1. The molecule has 2 N–H and O–H groups in total. The fourth-order valence-corrected chi connectivity index (χ4v) is 2.52. The summed E-state index contributed by atoms with van der Waals surface area (Å²) in [6, 6.07) is 7.85. The van der Waals surface area contributed by atoms with E-state index < -0.39 is 5.54 Å². The largest absolute Gasteiger partial charge is 0.484 e. The third kappa shape index (κ3) is 2.67. The minimum Gasteiger partial charge on any atom is -0.484 e. The summed E-state index contributed by atoms with van der Waals surface area (Å²) < 4.78 is 10.8. The summed E-state index contributed by atoms with van der Waals surface area (Å²) in [7, 11) is 0. The Hall–Kier alpha value is -1.88. The van der Waals surface area contributed by atoms with E-state index in [2.05, 4.69) is 10.1 Å². The van der Waals surface area contributed by atoms with E-state index >= 15 is 0 Å². The average Bonchev–Trinajstić information content (AvgIpc) is 3.08. The van der Waals surface area contributed by atoms with Crippen molar-refractivity contribution in [1.82, 2.24) is 10.1 Å². The van der Waals surface area contributed by atoms with E-state index in [9.17, 15) is 0 Å². The average molecular weight is 273 g/mol. The minimum atomic E-state index is -0.411. The van der Waals surface area contributed by atoms with E-state index in [0.717, 1.165) is 31.4 Å². The third-order valence-corrected chi connectivity index (χ3v) is 3.79. The van der Waals surface area contributed by atoms with Crippen LogP contribution in [0.4, 0.5) is 0 Å². The predicted octanol–water partition coefficient (Wildman–Crippen LogP) is 2.69. The molecule has 0 bridgehead atoms. The molecule has 20 heavy (non-hydrogen) atoms. The van der Waals surface area contributed by atoms with Crippen LogP contribution in [0.5, 0.6) is 5.75 Å². The molecule has 2 aromatic rings. The quantitative estimate of drug-likeness (QED) is 0.927. The Morgan fingerprint density at radius 1 is 1.25 bits per heavy atom. The van der Waals surface area contributed by atoms with Gasteiger partial charge in [0.2, 0.25) is 0 Å². The summed E-state index contributed by atoms with van der Waals surface area (Å²) >= 11 is 0. The minimum absolute atomic E-state index is 0.270. The molecule has 1 fully saturated rings. The summed E-state index contributed by atoms with van der Waals surface area (Å²) in [4.78, 5) is 4.37.